The summed E-state index contributed by atoms with van der Waals surface area (Å²) in [4.78, 5) is 38.2. The standard InChI is InChI=1S/C46H67N5O6/c1-11-56-44-34(26-51-43(42(31(4)53)40(28-52)57-51)45(55)48-39-25-35-24-38(30(39)3)46(35,5)6)18-15-19-37(44)33(22-29(2)50(9)10)20-21-41(54)47-36(27-49(7)8)23-32-16-13-12-14-17-32/h12-22,30-31,35-36,38-40,42-43,52-53H,2,11,23-28H2,1,3-10H3,(H,47,54)(H,48,55)/b21-20+,33-22+/t30-,31-,35+,36+,38-,39-,40-,42+,43-/m0/s1. The topological polar surface area (TPSA) is 127 Å². The molecule has 1 aliphatic heterocycles. The number of para-hydroxylation sites is 1. The normalized spacial score (nSPS) is 26.8. The first kappa shape index (κ1) is 44.1. The van der Waals surface area contributed by atoms with Gasteiger partial charge in [0.15, 0.2) is 0 Å². The molecular weight excluding hydrogens is 719 g/mol. The average Bonchev–Trinajstić information content (AvgIpc) is 3.53. The van der Waals surface area contributed by atoms with Crippen LogP contribution >= 0.6 is 0 Å². The molecule has 2 aromatic carbocycles. The van der Waals surface area contributed by atoms with Gasteiger partial charge in [0.2, 0.25) is 11.8 Å². The van der Waals surface area contributed by atoms with E-state index in [1.165, 1.54) is 6.42 Å². The molecule has 1 saturated heterocycles. The summed E-state index contributed by atoms with van der Waals surface area (Å²) in [5.74, 6) is 0.921. The number of likely N-dealkylation sites (N-methyl/N-ethyl adjacent to an activating group) is 2. The number of amides is 2. The van der Waals surface area contributed by atoms with Crippen molar-refractivity contribution in [3.63, 3.8) is 0 Å². The molecule has 11 nitrogen and oxygen atoms in total. The third-order valence-electron chi connectivity index (χ3n) is 12.7. The van der Waals surface area contributed by atoms with Gasteiger partial charge in [-0.1, -0.05) is 75.9 Å². The first-order valence-electron chi connectivity index (χ1n) is 20.6. The summed E-state index contributed by atoms with van der Waals surface area (Å²) in [7, 11) is 7.80. The van der Waals surface area contributed by atoms with Gasteiger partial charge in [-0.05, 0) is 93.7 Å². The van der Waals surface area contributed by atoms with E-state index >= 15 is 0 Å². The first-order chi connectivity index (χ1) is 27.0. The molecule has 57 heavy (non-hydrogen) atoms. The van der Waals surface area contributed by atoms with Crippen molar-refractivity contribution in [2.24, 2.45) is 29.1 Å². The second-order valence-corrected chi connectivity index (χ2v) is 17.4. The van der Waals surface area contributed by atoms with Crippen LogP contribution in [0.1, 0.15) is 64.2 Å². The number of hydroxylamine groups is 2. The van der Waals surface area contributed by atoms with Gasteiger partial charge in [-0.2, -0.15) is 5.06 Å². The minimum absolute atomic E-state index is 0.0271. The maximum atomic E-state index is 14.3. The first-order valence-corrected chi connectivity index (χ1v) is 20.6. The number of fused-ring (bicyclic) bond motifs is 2. The molecule has 0 radical (unpaired) electrons. The Morgan fingerprint density at radius 2 is 1.81 bits per heavy atom. The molecule has 11 heteroatoms. The molecule has 6 rings (SSSR count). The zero-order valence-corrected chi connectivity index (χ0v) is 35.6. The Morgan fingerprint density at radius 3 is 2.40 bits per heavy atom. The van der Waals surface area contributed by atoms with Gasteiger partial charge >= 0.3 is 0 Å². The smallest absolute Gasteiger partial charge is 0.244 e. The van der Waals surface area contributed by atoms with Crippen LogP contribution in [0.3, 0.4) is 0 Å². The van der Waals surface area contributed by atoms with Crippen LogP contribution in [0.15, 0.2) is 79.0 Å². The lowest BCUT2D eigenvalue weighted by Crippen LogP contribution is -2.62. The predicted molar refractivity (Wildman–Crippen MR) is 226 cm³/mol. The number of aliphatic hydroxyl groups excluding tert-OH is 2. The molecule has 0 unspecified atom stereocenters. The molecule has 3 saturated carbocycles. The highest BCUT2D eigenvalue weighted by molar-refractivity contribution is 5.92. The zero-order chi connectivity index (χ0) is 41.6. The lowest BCUT2D eigenvalue weighted by Gasteiger charge is -2.62. The summed E-state index contributed by atoms with van der Waals surface area (Å²) in [5.41, 5.74) is 4.33. The molecule has 3 aliphatic carbocycles. The van der Waals surface area contributed by atoms with Gasteiger partial charge < -0.3 is 35.4 Å². The van der Waals surface area contributed by atoms with E-state index in [-0.39, 0.29) is 42.5 Å². The van der Waals surface area contributed by atoms with E-state index in [2.05, 4.69) is 55.0 Å². The van der Waals surface area contributed by atoms with Crippen molar-refractivity contribution in [1.82, 2.24) is 25.5 Å². The fourth-order valence-corrected chi connectivity index (χ4v) is 9.34. The van der Waals surface area contributed by atoms with Crippen molar-refractivity contribution in [3.05, 3.63) is 95.7 Å². The molecule has 0 aromatic heterocycles. The molecule has 4 aliphatic rings. The number of hydrogen-bond donors (Lipinski definition) is 4. The maximum Gasteiger partial charge on any atom is 0.244 e. The highest BCUT2D eigenvalue weighted by atomic mass is 16.7. The summed E-state index contributed by atoms with van der Waals surface area (Å²) < 4.78 is 6.37. The summed E-state index contributed by atoms with van der Waals surface area (Å²) in [6, 6.07) is 15.0. The Morgan fingerprint density at radius 1 is 1.09 bits per heavy atom. The molecule has 1 heterocycles. The number of hydrogen-bond acceptors (Lipinski definition) is 9. The highest BCUT2D eigenvalue weighted by Gasteiger charge is 2.57. The number of aliphatic hydroxyl groups is 2. The molecule has 2 aromatic rings. The second kappa shape index (κ2) is 19.2. The largest absolute Gasteiger partial charge is 0.493 e. The van der Waals surface area contributed by atoms with Crippen LogP contribution in [0.5, 0.6) is 5.75 Å². The van der Waals surface area contributed by atoms with Gasteiger partial charge in [0.25, 0.3) is 0 Å². The van der Waals surface area contributed by atoms with E-state index in [0.29, 0.717) is 48.6 Å². The SMILES string of the molecule is C=C(/C=C(\C=C\C(=O)N[C@H](Cc1ccccc1)CN(C)C)c1cccc(CN2O[C@@H](CO)[C@@H]([C@H](C)O)[C@H]2C(=O)N[C@H]2C[C@H]3C[C@@H]([C@@H]2C)C3(C)C)c1OCC)N(C)C. The fraction of sp³-hybridized carbons (Fsp3) is 0.565. The van der Waals surface area contributed by atoms with E-state index in [9.17, 15) is 19.8 Å². The number of carbonyl (C=O) groups excluding carboxylic acids is 2. The van der Waals surface area contributed by atoms with Crippen molar-refractivity contribution in [3.8, 4) is 5.75 Å². The molecular formula is C46H67N5O6. The number of rotatable bonds is 18. The summed E-state index contributed by atoms with van der Waals surface area (Å²) in [6.07, 6.45) is 6.38. The second-order valence-electron chi connectivity index (χ2n) is 17.4. The molecule has 0 spiro atoms. The lowest BCUT2D eigenvalue weighted by molar-refractivity contribution is -0.183. The zero-order valence-electron chi connectivity index (χ0n) is 35.6. The predicted octanol–water partition coefficient (Wildman–Crippen LogP) is 5.05. The van der Waals surface area contributed by atoms with Crippen molar-refractivity contribution in [1.29, 1.82) is 0 Å². The van der Waals surface area contributed by atoms with Crippen LogP contribution in [0.25, 0.3) is 5.57 Å². The van der Waals surface area contributed by atoms with E-state index in [4.69, 9.17) is 9.57 Å². The Hall–Kier alpha value is -4.00. The maximum absolute atomic E-state index is 14.3. The molecule has 9 atom stereocenters. The monoisotopic (exact) mass is 786 g/mol. The summed E-state index contributed by atoms with van der Waals surface area (Å²) >= 11 is 0. The van der Waals surface area contributed by atoms with Crippen molar-refractivity contribution >= 4 is 17.4 Å². The van der Waals surface area contributed by atoms with Gasteiger partial charge in [0.05, 0.1) is 25.9 Å². The van der Waals surface area contributed by atoms with Crippen LogP contribution in [0.2, 0.25) is 0 Å². The van der Waals surface area contributed by atoms with E-state index < -0.39 is 24.2 Å². The number of allylic oxidation sites excluding steroid dienone is 3. The summed E-state index contributed by atoms with van der Waals surface area (Å²) in [5, 5.41) is 29.6. The molecule has 2 amide bonds. The highest BCUT2D eigenvalue weighted by Crippen LogP contribution is 2.61. The number of benzene rings is 2. The molecule has 4 fully saturated rings. The van der Waals surface area contributed by atoms with Crippen LogP contribution in [-0.2, 0) is 27.4 Å². The Labute approximate surface area is 340 Å². The minimum Gasteiger partial charge on any atom is -0.493 e. The molecule has 2 bridgehead atoms. The molecule has 4 N–H and O–H groups in total. The Bertz CT molecular complexity index is 1760. The van der Waals surface area contributed by atoms with E-state index in [1.54, 1.807) is 24.1 Å². The van der Waals surface area contributed by atoms with E-state index in [0.717, 1.165) is 28.8 Å². The number of nitrogens with one attached hydrogen (secondary N) is 2. The lowest BCUT2D eigenvalue weighted by atomic mass is 9.45. The van der Waals surface area contributed by atoms with Crippen molar-refractivity contribution < 1.29 is 29.4 Å². The van der Waals surface area contributed by atoms with Crippen LogP contribution in [0.4, 0.5) is 0 Å². The van der Waals surface area contributed by atoms with Gasteiger partial charge in [-0.25, -0.2) is 0 Å². The number of nitrogens with zero attached hydrogens (tertiary/aromatic N) is 3. The Kier molecular flexibility index (Phi) is 14.8. The van der Waals surface area contributed by atoms with Crippen molar-refractivity contribution in [2.45, 2.75) is 90.8 Å². The average molecular weight is 786 g/mol. The van der Waals surface area contributed by atoms with Crippen LogP contribution in [0, 0.1) is 29.1 Å². The van der Waals surface area contributed by atoms with Gasteiger partial charge in [0.1, 0.15) is 17.9 Å². The van der Waals surface area contributed by atoms with Crippen LogP contribution in [-0.4, -0.2) is 115 Å². The minimum atomic E-state index is -0.912. The van der Waals surface area contributed by atoms with Crippen LogP contribution < -0.4 is 15.4 Å². The van der Waals surface area contributed by atoms with Gasteiger partial charge in [0, 0.05) is 61.5 Å². The number of ether oxygens (including phenoxy) is 1. The van der Waals surface area contributed by atoms with Crippen molar-refractivity contribution in [2.75, 3.05) is 47.9 Å². The quantitative estimate of drug-likeness (QED) is 0.121. The third kappa shape index (κ3) is 10.4. The van der Waals surface area contributed by atoms with E-state index in [1.807, 2.05) is 82.5 Å². The summed E-state index contributed by atoms with van der Waals surface area (Å²) in [6.45, 7) is 15.6. The van der Waals surface area contributed by atoms with Gasteiger partial charge in [-0.3, -0.25) is 14.4 Å². The van der Waals surface area contributed by atoms with Gasteiger partial charge in [-0.15, -0.1) is 0 Å². The molecule has 312 valence electrons. The number of carbonyl (C=O) groups is 2. The fourth-order valence-electron chi connectivity index (χ4n) is 9.34. The third-order valence-corrected chi connectivity index (χ3v) is 12.7. The Balaban J connectivity index is 1.44.